The van der Waals surface area contributed by atoms with E-state index in [0.717, 1.165) is 18.4 Å². The van der Waals surface area contributed by atoms with Gasteiger partial charge in [-0.2, -0.15) is 5.26 Å². The second-order valence-electron chi connectivity index (χ2n) is 7.85. The molecule has 1 aromatic rings. The van der Waals surface area contributed by atoms with Gasteiger partial charge in [-0.15, -0.1) is 0 Å². The first-order chi connectivity index (χ1) is 13.0. The average molecular weight is 368 g/mol. The van der Waals surface area contributed by atoms with Crippen LogP contribution < -0.4 is 0 Å². The number of hydrogen-bond acceptors (Lipinski definition) is 3. The summed E-state index contributed by atoms with van der Waals surface area (Å²) in [4.78, 5) is 30.5. The van der Waals surface area contributed by atoms with Crippen LogP contribution in [-0.2, 0) is 10.2 Å². The molecule has 0 N–H and O–H groups in total. The topological polar surface area (TPSA) is 67.7 Å². The van der Waals surface area contributed by atoms with Crippen LogP contribution in [0.1, 0.15) is 31.2 Å². The van der Waals surface area contributed by atoms with Crippen molar-refractivity contribution in [3.05, 3.63) is 35.9 Å². The average Bonchev–Trinajstić information content (AvgIpc) is 2.73. The summed E-state index contributed by atoms with van der Waals surface area (Å²) in [6.07, 6.45) is 3.00. The SMILES string of the molecule is CN(C)C(=O)N1CCC[C@@H](C(=O)N2CCC(C#N)(c3ccccc3)CC2)C1. The first-order valence-electron chi connectivity index (χ1n) is 9.68. The van der Waals surface area contributed by atoms with E-state index in [-0.39, 0.29) is 17.9 Å². The summed E-state index contributed by atoms with van der Waals surface area (Å²) >= 11 is 0. The van der Waals surface area contributed by atoms with E-state index in [1.807, 2.05) is 35.2 Å². The quantitative estimate of drug-likeness (QED) is 0.805. The first kappa shape index (κ1) is 19.2. The summed E-state index contributed by atoms with van der Waals surface area (Å²) in [6, 6.07) is 12.4. The number of hydrogen-bond donors (Lipinski definition) is 0. The molecule has 1 aromatic carbocycles. The third-order valence-corrected chi connectivity index (χ3v) is 5.89. The van der Waals surface area contributed by atoms with Crippen LogP contribution in [0.3, 0.4) is 0 Å². The molecular weight excluding hydrogens is 340 g/mol. The molecule has 0 aromatic heterocycles. The number of carbonyl (C=O) groups is 2. The number of nitriles is 1. The van der Waals surface area contributed by atoms with Crippen molar-refractivity contribution in [2.24, 2.45) is 5.92 Å². The van der Waals surface area contributed by atoms with E-state index in [9.17, 15) is 14.9 Å². The number of amides is 3. The Morgan fingerprint density at radius 2 is 1.78 bits per heavy atom. The summed E-state index contributed by atoms with van der Waals surface area (Å²) < 4.78 is 0. The van der Waals surface area contributed by atoms with Crippen molar-refractivity contribution in [3.8, 4) is 6.07 Å². The van der Waals surface area contributed by atoms with E-state index in [1.54, 1.807) is 23.9 Å². The maximum atomic E-state index is 13.0. The number of piperidine rings is 2. The monoisotopic (exact) mass is 368 g/mol. The van der Waals surface area contributed by atoms with E-state index in [4.69, 9.17) is 0 Å². The number of nitrogens with zero attached hydrogens (tertiary/aromatic N) is 4. The summed E-state index contributed by atoms with van der Waals surface area (Å²) in [5.74, 6) is -0.000168. The van der Waals surface area contributed by atoms with Gasteiger partial charge in [0.15, 0.2) is 0 Å². The van der Waals surface area contributed by atoms with E-state index in [0.29, 0.717) is 39.0 Å². The molecule has 2 fully saturated rings. The largest absolute Gasteiger partial charge is 0.342 e. The lowest BCUT2D eigenvalue weighted by atomic mass is 9.74. The number of benzene rings is 1. The Labute approximate surface area is 161 Å². The fourth-order valence-corrected chi connectivity index (χ4v) is 4.22. The Morgan fingerprint density at radius 3 is 2.37 bits per heavy atom. The highest BCUT2D eigenvalue weighted by molar-refractivity contribution is 5.81. The summed E-state index contributed by atoms with van der Waals surface area (Å²) in [7, 11) is 3.48. The number of rotatable bonds is 2. The van der Waals surface area contributed by atoms with Gasteiger partial charge in [0.25, 0.3) is 0 Å². The Morgan fingerprint density at radius 1 is 1.11 bits per heavy atom. The van der Waals surface area contributed by atoms with Crippen LogP contribution in [0.2, 0.25) is 0 Å². The van der Waals surface area contributed by atoms with Gasteiger partial charge in [-0.1, -0.05) is 30.3 Å². The molecule has 2 heterocycles. The Hall–Kier alpha value is -2.55. The minimum Gasteiger partial charge on any atom is -0.342 e. The molecule has 6 nitrogen and oxygen atoms in total. The van der Waals surface area contributed by atoms with Crippen LogP contribution in [-0.4, -0.2) is 66.9 Å². The van der Waals surface area contributed by atoms with Gasteiger partial charge in [0, 0.05) is 40.3 Å². The second-order valence-corrected chi connectivity index (χ2v) is 7.85. The maximum Gasteiger partial charge on any atom is 0.319 e. The van der Waals surface area contributed by atoms with Crippen LogP contribution in [0.25, 0.3) is 0 Å². The standard InChI is InChI=1S/C21H28N4O2/c1-23(2)20(27)25-12-6-7-17(15-25)19(26)24-13-10-21(16-22,11-14-24)18-8-4-3-5-9-18/h3-5,8-9,17H,6-7,10-15H2,1-2H3/t17-/m1/s1. The lowest BCUT2D eigenvalue weighted by molar-refractivity contribution is -0.138. The van der Waals surface area contributed by atoms with E-state index in [1.165, 1.54) is 0 Å². The molecule has 0 aliphatic carbocycles. The molecule has 3 amide bonds. The molecule has 2 aliphatic rings. The van der Waals surface area contributed by atoms with Crippen molar-refractivity contribution in [1.82, 2.24) is 14.7 Å². The maximum absolute atomic E-state index is 13.0. The normalized spacial score (nSPS) is 22.0. The predicted octanol–water partition coefficient (Wildman–Crippen LogP) is 2.46. The molecule has 2 saturated heterocycles. The van der Waals surface area contributed by atoms with E-state index >= 15 is 0 Å². The van der Waals surface area contributed by atoms with Gasteiger partial charge in [0.05, 0.1) is 17.4 Å². The van der Waals surface area contributed by atoms with Gasteiger partial charge in [0.1, 0.15) is 0 Å². The van der Waals surface area contributed by atoms with Gasteiger partial charge in [-0.25, -0.2) is 4.79 Å². The van der Waals surface area contributed by atoms with Gasteiger partial charge < -0.3 is 14.7 Å². The van der Waals surface area contributed by atoms with Crippen LogP contribution >= 0.6 is 0 Å². The molecule has 0 unspecified atom stereocenters. The smallest absolute Gasteiger partial charge is 0.319 e. The molecule has 0 bridgehead atoms. The van der Waals surface area contributed by atoms with Crippen LogP contribution in [0.5, 0.6) is 0 Å². The molecule has 6 heteroatoms. The minimum atomic E-state index is -0.502. The van der Waals surface area contributed by atoms with Crippen molar-refractivity contribution in [3.63, 3.8) is 0 Å². The molecule has 144 valence electrons. The predicted molar refractivity (Wildman–Crippen MR) is 103 cm³/mol. The number of likely N-dealkylation sites (tertiary alicyclic amines) is 2. The number of urea groups is 1. The van der Waals surface area contributed by atoms with Crippen molar-refractivity contribution >= 4 is 11.9 Å². The zero-order valence-electron chi connectivity index (χ0n) is 16.2. The molecule has 0 saturated carbocycles. The molecule has 2 aliphatic heterocycles. The Kier molecular flexibility index (Phi) is 5.69. The third-order valence-electron chi connectivity index (χ3n) is 5.89. The van der Waals surface area contributed by atoms with Crippen molar-refractivity contribution < 1.29 is 9.59 Å². The fourth-order valence-electron chi connectivity index (χ4n) is 4.22. The number of carbonyl (C=O) groups excluding carboxylic acids is 2. The minimum absolute atomic E-state index is 0.0290. The fraction of sp³-hybridized carbons (Fsp3) is 0.571. The summed E-state index contributed by atoms with van der Waals surface area (Å²) in [5.41, 5.74) is 0.539. The van der Waals surface area contributed by atoms with E-state index in [2.05, 4.69) is 6.07 Å². The van der Waals surface area contributed by atoms with Gasteiger partial charge in [-0.05, 0) is 31.2 Å². The first-order valence-corrected chi connectivity index (χ1v) is 9.68. The van der Waals surface area contributed by atoms with Gasteiger partial charge in [0.2, 0.25) is 5.91 Å². The van der Waals surface area contributed by atoms with Crippen molar-refractivity contribution in [1.29, 1.82) is 5.26 Å². The highest BCUT2D eigenvalue weighted by Crippen LogP contribution is 2.35. The summed E-state index contributed by atoms with van der Waals surface area (Å²) in [6.45, 7) is 2.40. The molecule has 1 atom stereocenters. The van der Waals surface area contributed by atoms with Crippen molar-refractivity contribution in [2.45, 2.75) is 31.1 Å². The highest BCUT2D eigenvalue weighted by atomic mass is 16.2. The van der Waals surface area contributed by atoms with Crippen LogP contribution in [0, 0.1) is 17.2 Å². The molecule has 27 heavy (non-hydrogen) atoms. The summed E-state index contributed by atoms with van der Waals surface area (Å²) in [5, 5.41) is 9.81. The molecule has 3 rings (SSSR count). The Bertz CT molecular complexity index is 717. The third kappa shape index (κ3) is 3.92. The van der Waals surface area contributed by atoms with Crippen molar-refractivity contribution in [2.75, 3.05) is 40.3 Å². The second kappa shape index (κ2) is 7.99. The van der Waals surface area contributed by atoms with Gasteiger partial charge in [-0.3, -0.25) is 4.79 Å². The zero-order valence-corrected chi connectivity index (χ0v) is 16.2. The zero-order chi connectivity index (χ0) is 19.4. The van der Waals surface area contributed by atoms with E-state index < -0.39 is 5.41 Å². The lowest BCUT2D eigenvalue weighted by Crippen LogP contribution is -2.51. The highest BCUT2D eigenvalue weighted by Gasteiger charge is 2.39. The molecule has 0 spiro atoms. The van der Waals surface area contributed by atoms with Crippen LogP contribution in [0.4, 0.5) is 4.79 Å². The van der Waals surface area contributed by atoms with Crippen LogP contribution in [0.15, 0.2) is 30.3 Å². The molecule has 0 radical (unpaired) electrons. The van der Waals surface area contributed by atoms with Gasteiger partial charge >= 0.3 is 6.03 Å². The lowest BCUT2D eigenvalue weighted by Gasteiger charge is -2.41. The Balaban J connectivity index is 1.63. The molecular formula is C21H28N4O2.